The zero-order valence-corrected chi connectivity index (χ0v) is 9.43. The molecule has 76 valence electrons. The van der Waals surface area contributed by atoms with Crippen molar-refractivity contribution in [3.63, 3.8) is 0 Å². The van der Waals surface area contributed by atoms with Crippen LogP contribution < -0.4 is 5.73 Å². The molecule has 2 N–H and O–H groups in total. The van der Waals surface area contributed by atoms with Crippen molar-refractivity contribution < 1.29 is 0 Å². The Hall–Kier alpha value is -0.790. The van der Waals surface area contributed by atoms with Gasteiger partial charge in [0.15, 0.2) is 0 Å². The van der Waals surface area contributed by atoms with Crippen molar-refractivity contribution in [3.05, 3.63) is 39.9 Å². The third kappa shape index (κ3) is 2.86. The first kappa shape index (κ1) is 11.3. The van der Waals surface area contributed by atoms with Crippen molar-refractivity contribution in [1.82, 2.24) is 0 Å². The summed E-state index contributed by atoms with van der Waals surface area (Å²) in [6.07, 6.45) is 3.04. The zero-order valence-electron chi connectivity index (χ0n) is 8.68. The van der Waals surface area contributed by atoms with Gasteiger partial charge in [-0.25, -0.2) is 0 Å². The first-order valence-corrected chi connectivity index (χ1v) is 5.20. The molecular weight excluding hydrogens is 194 g/mol. The van der Waals surface area contributed by atoms with Gasteiger partial charge in [-0.2, -0.15) is 0 Å². The summed E-state index contributed by atoms with van der Waals surface area (Å²) < 4.78 is 0. The second-order valence-corrected chi connectivity index (χ2v) is 3.79. The summed E-state index contributed by atoms with van der Waals surface area (Å²) in [4.78, 5) is 0. The molecule has 0 aromatic heterocycles. The van der Waals surface area contributed by atoms with E-state index in [0.717, 1.165) is 17.0 Å². The summed E-state index contributed by atoms with van der Waals surface area (Å²) in [5.41, 5.74) is 9.05. The average molecular weight is 210 g/mol. The summed E-state index contributed by atoms with van der Waals surface area (Å²) in [6.45, 7) is 4.73. The summed E-state index contributed by atoms with van der Waals surface area (Å²) in [5, 5.41) is 0.796. The molecule has 1 nitrogen and oxygen atoms in total. The van der Waals surface area contributed by atoms with Crippen LogP contribution in [0.3, 0.4) is 0 Å². The molecule has 0 radical (unpaired) electrons. The van der Waals surface area contributed by atoms with E-state index in [4.69, 9.17) is 17.3 Å². The minimum absolute atomic E-state index is 0.598. The maximum Gasteiger partial charge on any atom is 0.0480 e. The zero-order chi connectivity index (χ0) is 10.6. The molecule has 0 unspecified atom stereocenters. The van der Waals surface area contributed by atoms with E-state index in [-0.39, 0.29) is 0 Å². The van der Waals surface area contributed by atoms with Gasteiger partial charge in [-0.3, -0.25) is 0 Å². The third-order valence-electron chi connectivity index (χ3n) is 2.23. The molecule has 2 heteroatoms. The van der Waals surface area contributed by atoms with Crippen LogP contribution in [0.25, 0.3) is 6.08 Å². The normalized spacial score (nSPS) is 11.9. The fraction of sp³-hybridized carbons (Fsp3) is 0.333. The molecule has 0 heterocycles. The summed E-state index contributed by atoms with van der Waals surface area (Å²) in [7, 11) is 0. The fourth-order valence-corrected chi connectivity index (χ4v) is 1.56. The SMILES string of the molecule is CC/C(=C/c1ccc(C)cc1Cl)CN. The smallest absolute Gasteiger partial charge is 0.0480 e. The van der Waals surface area contributed by atoms with Gasteiger partial charge in [0.05, 0.1) is 0 Å². The lowest BCUT2D eigenvalue weighted by Gasteiger charge is -2.03. The average Bonchev–Trinajstić information content (AvgIpc) is 2.17. The van der Waals surface area contributed by atoms with Crippen molar-refractivity contribution in [3.8, 4) is 0 Å². The number of hydrogen-bond acceptors (Lipinski definition) is 1. The summed E-state index contributed by atoms with van der Waals surface area (Å²) in [6, 6.07) is 6.06. The molecule has 0 saturated carbocycles. The quantitative estimate of drug-likeness (QED) is 0.812. The van der Waals surface area contributed by atoms with E-state index < -0.39 is 0 Å². The van der Waals surface area contributed by atoms with E-state index >= 15 is 0 Å². The van der Waals surface area contributed by atoms with Crippen LogP contribution >= 0.6 is 11.6 Å². The minimum atomic E-state index is 0.598. The van der Waals surface area contributed by atoms with Crippen molar-refractivity contribution in [2.24, 2.45) is 5.73 Å². The molecule has 1 aromatic rings. The second kappa shape index (κ2) is 5.18. The van der Waals surface area contributed by atoms with Crippen molar-refractivity contribution in [1.29, 1.82) is 0 Å². The van der Waals surface area contributed by atoms with Gasteiger partial charge in [0, 0.05) is 11.6 Å². The molecule has 0 bridgehead atoms. The van der Waals surface area contributed by atoms with Crippen LogP contribution in [0.4, 0.5) is 0 Å². The third-order valence-corrected chi connectivity index (χ3v) is 2.56. The highest BCUT2D eigenvalue weighted by molar-refractivity contribution is 6.32. The fourth-order valence-electron chi connectivity index (χ4n) is 1.27. The van der Waals surface area contributed by atoms with Crippen molar-refractivity contribution in [2.45, 2.75) is 20.3 Å². The molecular formula is C12H16ClN. The molecule has 0 aliphatic carbocycles. The van der Waals surface area contributed by atoms with E-state index in [2.05, 4.69) is 19.1 Å². The molecule has 14 heavy (non-hydrogen) atoms. The van der Waals surface area contributed by atoms with Crippen molar-refractivity contribution >= 4 is 17.7 Å². The predicted molar refractivity (Wildman–Crippen MR) is 63.5 cm³/mol. The number of halogens is 1. The van der Waals surface area contributed by atoms with E-state index in [0.29, 0.717) is 6.54 Å². The number of nitrogens with two attached hydrogens (primary N) is 1. The molecule has 0 spiro atoms. The van der Waals surface area contributed by atoms with E-state index in [1.165, 1.54) is 11.1 Å². The Morgan fingerprint density at radius 1 is 1.50 bits per heavy atom. The van der Waals surface area contributed by atoms with Crippen molar-refractivity contribution in [2.75, 3.05) is 6.54 Å². The van der Waals surface area contributed by atoms with Crippen LogP contribution in [-0.2, 0) is 0 Å². The lowest BCUT2D eigenvalue weighted by Crippen LogP contribution is -2.01. The maximum atomic E-state index is 6.10. The highest BCUT2D eigenvalue weighted by Crippen LogP contribution is 2.20. The monoisotopic (exact) mass is 209 g/mol. The van der Waals surface area contributed by atoms with Gasteiger partial charge in [0.1, 0.15) is 0 Å². The van der Waals surface area contributed by atoms with Crippen LogP contribution in [0.5, 0.6) is 0 Å². The Kier molecular flexibility index (Phi) is 4.18. The molecule has 0 saturated heterocycles. The highest BCUT2D eigenvalue weighted by Gasteiger charge is 1.98. The second-order valence-electron chi connectivity index (χ2n) is 3.39. The molecule has 0 atom stereocenters. The van der Waals surface area contributed by atoms with Gasteiger partial charge in [-0.05, 0) is 30.5 Å². The Balaban J connectivity index is 3.02. The van der Waals surface area contributed by atoms with E-state index in [1.54, 1.807) is 0 Å². The first-order chi connectivity index (χ1) is 6.67. The van der Waals surface area contributed by atoms with Gasteiger partial charge in [-0.1, -0.05) is 42.3 Å². The van der Waals surface area contributed by atoms with Gasteiger partial charge in [0.25, 0.3) is 0 Å². The van der Waals surface area contributed by atoms with E-state index in [9.17, 15) is 0 Å². The lowest BCUT2D eigenvalue weighted by atomic mass is 10.1. The largest absolute Gasteiger partial charge is 0.327 e. The van der Waals surface area contributed by atoms with Gasteiger partial charge in [0.2, 0.25) is 0 Å². The van der Waals surface area contributed by atoms with Crippen LogP contribution in [0.15, 0.2) is 23.8 Å². The van der Waals surface area contributed by atoms with Gasteiger partial charge >= 0.3 is 0 Å². The topological polar surface area (TPSA) is 26.0 Å². The Bertz CT molecular complexity index is 336. The van der Waals surface area contributed by atoms with Gasteiger partial charge < -0.3 is 5.73 Å². The Morgan fingerprint density at radius 2 is 2.21 bits per heavy atom. The minimum Gasteiger partial charge on any atom is -0.327 e. The van der Waals surface area contributed by atoms with E-state index in [1.807, 2.05) is 19.1 Å². The number of hydrogen-bond donors (Lipinski definition) is 1. The summed E-state index contributed by atoms with van der Waals surface area (Å²) in [5.74, 6) is 0. The van der Waals surface area contributed by atoms with Crippen LogP contribution in [0.2, 0.25) is 5.02 Å². The molecule has 1 aromatic carbocycles. The number of aryl methyl sites for hydroxylation is 1. The number of rotatable bonds is 3. The maximum absolute atomic E-state index is 6.10. The number of benzene rings is 1. The Morgan fingerprint density at radius 3 is 2.71 bits per heavy atom. The van der Waals surface area contributed by atoms with Gasteiger partial charge in [-0.15, -0.1) is 0 Å². The van der Waals surface area contributed by atoms with Crippen LogP contribution in [0, 0.1) is 6.92 Å². The molecule has 1 rings (SSSR count). The molecule has 0 aliphatic rings. The first-order valence-electron chi connectivity index (χ1n) is 4.83. The molecule has 0 fully saturated rings. The lowest BCUT2D eigenvalue weighted by molar-refractivity contribution is 1.02. The highest BCUT2D eigenvalue weighted by atomic mass is 35.5. The Labute approximate surface area is 90.6 Å². The summed E-state index contributed by atoms with van der Waals surface area (Å²) >= 11 is 6.10. The molecule has 0 aliphatic heterocycles. The van der Waals surface area contributed by atoms with Crippen LogP contribution in [0.1, 0.15) is 24.5 Å². The predicted octanol–water partition coefficient (Wildman–Crippen LogP) is 3.40. The standard InChI is InChI=1S/C12H16ClN/c1-3-10(8-14)7-11-5-4-9(2)6-12(11)13/h4-7H,3,8,14H2,1-2H3/b10-7-. The van der Waals surface area contributed by atoms with Crippen LogP contribution in [-0.4, -0.2) is 6.54 Å². The molecule has 0 amide bonds.